The molecular formula is C15H21NO. The molecule has 3 fully saturated rings. The molecule has 17 heavy (non-hydrogen) atoms. The van der Waals surface area contributed by atoms with E-state index in [9.17, 15) is 0 Å². The summed E-state index contributed by atoms with van der Waals surface area (Å²) < 4.78 is 6.66. The van der Waals surface area contributed by atoms with E-state index in [1.54, 1.807) is 0 Å². The number of ether oxygens (including phenoxy) is 1. The number of hydrogen-bond donors (Lipinski definition) is 0. The Bertz CT molecular complexity index is 392. The fourth-order valence-electron chi connectivity index (χ4n) is 4.20. The Morgan fingerprint density at radius 3 is 2.82 bits per heavy atom. The van der Waals surface area contributed by atoms with Crippen molar-refractivity contribution < 1.29 is 4.74 Å². The van der Waals surface area contributed by atoms with Crippen molar-refractivity contribution in [2.45, 2.75) is 36.9 Å². The Morgan fingerprint density at radius 2 is 2.00 bits per heavy atom. The predicted molar refractivity (Wildman–Crippen MR) is 67.8 cm³/mol. The second kappa shape index (κ2) is 3.24. The van der Waals surface area contributed by atoms with E-state index in [-0.39, 0.29) is 11.2 Å². The van der Waals surface area contributed by atoms with Crippen molar-refractivity contribution in [3.8, 4) is 0 Å². The standard InChI is InChI=1S/C15H21NO/c1-16-10-8-14(9-11-16)7-5-13-12-4-2-3-6-15(12,13)17-14/h2-4,6,12-13H,5,7-11H2,1H3. The lowest BCUT2D eigenvalue weighted by Gasteiger charge is -2.45. The molecule has 0 bridgehead atoms. The van der Waals surface area contributed by atoms with Crippen molar-refractivity contribution >= 4 is 0 Å². The molecule has 2 spiro atoms. The molecule has 4 aliphatic rings. The molecule has 2 aliphatic heterocycles. The van der Waals surface area contributed by atoms with E-state index < -0.39 is 0 Å². The van der Waals surface area contributed by atoms with Crippen LogP contribution >= 0.6 is 0 Å². The summed E-state index contributed by atoms with van der Waals surface area (Å²) in [6.45, 7) is 2.40. The lowest BCUT2D eigenvalue weighted by atomic mass is 9.83. The van der Waals surface area contributed by atoms with Gasteiger partial charge in [-0.25, -0.2) is 0 Å². The van der Waals surface area contributed by atoms with E-state index in [2.05, 4.69) is 36.3 Å². The molecule has 2 heteroatoms. The van der Waals surface area contributed by atoms with Gasteiger partial charge in [0.2, 0.25) is 0 Å². The van der Waals surface area contributed by atoms with Crippen LogP contribution in [0.2, 0.25) is 0 Å². The highest BCUT2D eigenvalue weighted by Gasteiger charge is 2.68. The lowest BCUT2D eigenvalue weighted by Crippen LogP contribution is -2.49. The van der Waals surface area contributed by atoms with E-state index in [0.717, 1.165) is 5.92 Å². The Morgan fingerprint density at radius 1 is 1.18 bits per heavy atom. The first-order valence-electron chi connectivity index (χ1n) is 6.99. The third kappa shape index (κ3) is 1.34. The van der Waals surface area contributed by atoms with E-state index in [4.69, 9.17) is 4.74 Å². The van der Waals surface area contributed by atoms with Crippen LogP contribution in [0.1, 0.15) is 25.7 Å². The van der Waals surface area contributed by atoms with Crippen LogP contribution in [0.25, 0.3) is 0 Å². The van der Waals surface area contributed by atoms with Crippen molar-refractivity contribution in [1.29, 1.82) is 0 Å². The van der Waals surface area contributed by atoms with Gasteiger partial charge in [-0.05, 0) is 32.7 Å². The summed E-state index contributed by atoms with van der Waals surface area (Å²) in [5.74, 6) is 1.47. The first-order valence-corrected chi connectivity index (χ1v) is 6.99. The van der Waals surface area contributed by atoms with Gasteiger partial charge in [0.1, 0.15) is 0 Å². The maximum Gasteiger partial charge on any atom is 0.0974 e. The van der Waals surface area contributed by atoms with Crippen LogP contribution in [-0.4, -0.2) is 36.2 Å². The molecule has 0 aromatic carbocycles. The average Bonchev–Trinajstić information content (AvgIpc) is 3.01. The molecule has 1 saturated carbocycles. The molecule has 2 saturated heterocycles. The molecular weight excluding hydrogens is 210 g/mol. The SMILES string of the molecule is CN1CCC2(CCC3C4C=CC=CC43O2)CC1. The molecule has 2 nitrogen and oxygen atoms in total. The molecule has 0 aromatic heterocycles. The van der Waals surface area contributed by atoms with E-state index >= 15 is 0 Å². The minimum Gasteiger partial charge on any atom is -0.363 e. The molecule has 4 rings (SSSR count). The van der Waals surface area contributed by atoms with Crippen molar-refractivity contribution in [3.05, 3.63) is 24.3 Å². The molecule has 0 amide bonds. The first kappa shape index (κ1) is 10.3. The zero-order valence-electron chi connectivity index (χ0n) is 10.6. The molecule has 0 aromatic rings. The Labute approximate surface area is 103 Å². The number of hydrogen-bond acceptors (Lipinski definition) is 2. The van der Waals surface area contributed by atoms with Gasteiger partial charge >= 0.3 is 0 Å². The third-order valence-corrected chi connectivity index (χ3v) is 5.41. The quantitative estimate of drug-likeness (QED) is 0.634. The van der Waals surface area contributed by atoms with Crippen molar-refractivity contribution in [1.82, 2.24) is 4.90 Å². The number of allylic oxidation sites excluding steroid dienone is 2. The number of fused-ring (bicyclic) bond motifs is 1. The van der Waals surface area contributed by atoms with Gasteiger partial charge in [-0.1, -0.05) is 24.3 Å². The average molecular weight is 231 g/mol. The minimum atomic E-state index is 0.114. The number of nitrogens with zero attached hydrogens (tertiary/aromatic N) is 1. The minimum absolute atomic E-state index is 0.114. The largest absolute Gasteiger partial charge is 0.363 e. The molecule has 3 atom stereocenters. The molecule has 0 radical (unpaired) electrons. The van der Waals surface area contributed by atoms with Crippen molar-refractivity contribution in [2.75, 3.05) is 20.1 Å². The Kier molecular flexibility index (Phi) is 1.97. The van der Waals surface area contributed by atoms with Gasteiger partial charge in [0.15, 0.2) is 0 Å². The maximum atomic E-state index is 6.66. The maximum absolute atomic E-state index is 6.66. The van der Waals surface area contributed by atoms with E-state index in [1.807, 2.05) is 0 Å². The zero-order chi connectivity index (χ0) is 11.5. The summed E-state index contributed by atoms with van der Waals surface area (Å²) in [6.07, 6.45) is 14.2. The monoisotopic (exact) mass is 231 g/mol. The Hall–Kier alpha value is -0.600. The van der Waals surface area contributed by atoms with Gasteiger partial charge in [0, 0.05) is 24.9 Å². The fourth-order valence-corrected chi connectivity index (χ4v) is 4.20. The van der Waals surface area contributed by atoms with Crippen LogP contribution in [0.5, 0.6) is 0 Å². The smallest absolute Gasteiger partial charge is 0.0974 e. The lowest BCUT2D eigenvalue weighted by molar-refractivity contribution is -0.148. The van der Waals surface area contributed by atoms with Crippen LogP contribution in [0, 0.1) is 11.8 Å². The molecule has 2 aliphatic carbocycles. The highest BCUT2D eigenvalue weighted by Crippen LogP contribution is 2.65. The van der Waals surface area contributed by atoms with Gasteiger partial charge in [-0.15, -0.1) is 0 Å². The topological polar surface area (TPSA) is 12.5 Å². The molecule has 2 heterocycles. The third-order valence-electron chi connectivity index (χ3n) is 5.41. The van der Waals surface area contributed by atoms with Gasteiger partial charge in [0.05, 0.1) is 11.2 Å². The summed E-state index contributed by atoms with van der Waals surface area (Å²) in [7, 11) is 2.22. The summed E-state index contributed by atoms with van der Waals surface area (Å²) >= 11 is 0. The molecule has 92 valence electrons. The summed E-state index contributed by atoms with van der Waals surface area (Å²) in [5, 5.41) is 0. The summed E-state index contributed by atoms with van der Waals surface area (Å²) in [6, 6.07) is 0. The fraction of sp³-hybridized carbons (Fsp3) is 0.733. The number of piperidine rings is 1. The zero-order valence-corrected chi connectivity index (χ0v) is 10.6. The molecule has 0 N–H and O–H groups in total. The Balaban J connectivity index is 1.58. The second-order valence-electron chi connectivity index (χ2n) is 6.36. The van der Waals surface area contributed by atoms with Crippen LogP contribution in [0.15, 0.2) is 24.3 Å². The molecule has 3 unspecified atom stereocenters. The van der Waals surface area contributed by atoms with Crippen molar-refractivity contribution in [3.63, 3.8) is 0 Å². The van der Waals surface area contributed by atoms with Crippen LogP contribution in [-0.2, 0) is 4.74 Å². The highest BCUT2D eigenvalue weighted by molar-refractivity contribution is 5.37. The predicted octanol–water partition coefficient (Wildman–Crippen LogP) is 2.37. The van der Waals surface area contributed by atoms with E-state index in [1.165, 1.54) is 38.8 Å². The normalized spacial score (nSPS) is 46.6. The van der Waals surface area contributed by atoms with Crippen molar-refractivity contribution in [2.24, 2.45) is 11.8 Å². The van der Waals surface area contributed by atoms with Crippen LogP contribution in [0.4, 0.5) is 0 Å². The van der Waals surface area contributed by atoms with E-state index in [0.29, 0.717) is 5.92 Å². The van der Waals surface area contributed by atoms with Gasteiger partial charge in [0.25, 0.3) is 0 Å². The van der Waals surface area contributed by atoms with Gasteiger partial charge in [-0.2, -0.15) is 0 Å². The summed E-state index contributed by atoms with van der Waals surface area (Å²) in [5.41, 5.74) is 0.316. The van der Waals surface area contributed by atoms with Gasteiger partial charge in [-0.3, -0.25) is 0 Å². The number of likely N-dealkylation sites (tertiary alicyclic amines) is 1. The van der Waals surface area contributed by atoms with Crippen LogP contribution < -0.4 is 0 Å². The van der Waals surface area contributed by atoms with Crippen LogP contribution in [0.3, 0.4) is 0 Å². The summed E-state index contributed by atoms with van der Waals surface area (Å²) in [4.78, 5) is 2.43. The van der Waals surface area contributed by atoms with Gasteiger partial charge < -0.3 is 9.64 Å². The second-order valence-corrected chi connectivity index (χ2v) is 6.36. The number of rotatable bonds is 0. The first-order chi connectivity index (χ1) is 8.24. The highest BCUT2D eigenvalue weighted by atomic mass is 16.5.